The molecule has 0 saturated heterocycles. The molecule has 1 heterocycles. The van der Waals surface area contributed by atoms with E-state index in [4.69, 9.17) is 20.4 Å². The van der Waals surface area contributed by atoms with Crippen molar-refractivity contribution in [1.29, 1.82) is 0 Å². The lowest BCUT2D eigenvalue weighted by Crippen LogP contribution is -2.40. The quantitative estimate of drug-likeness (QED) is 0.104. The summed E-state index contributed by atoms with van der Waals surface area (Å²) >= 11 is 0. The van der Waals surface area contributed by atoms with E-state index >= 15 is 0 Å². The predicted octanol–water partition coefficient (Wildman–Crippen LogP) is 5.61. The maximum Gasteiger partial charge on any atom is 0.419 e. The van der Waals surface area contributed by atoms with Gasteiger partial charge in [-0.3, -0.25) is 9.59 Å². The van der Waals surface area contributed by atoms with Gasteiger partial charge in [0.2, 0.25) is 5.91 Å². The van der Waals surface area contributed by atoms with Crippen molar-refractivity contribution in [3.63, 3.8) is 0 Å². The number of aryl methyl sites for hydroxylation is 2. The molecule has 1 aromatic heterocycles. The largest absolute Gasteiger partial charge is 0.479 e. The number of amides is 1. The molecule has 2 atom stereocenters. The fourth-order valence-corrected chi connectivity index (χ4v) is 6.71. The summed E-state index contributed by atoms with van der Waals surface area (Å²) in [6.07, 6.45) is -12.0. The predicted molar refractivity (Wildman–Crippen MR) is 207 cm³/mol. The molecule has 0 aliphatic heterocycles. The van der Waals surface area contributed by atoms with Crippen LogP contribution in [0.15, 0.2) is 71.5 Å². The van der Waals surface area contributed by atoms with E-state index in [1.54, 1.807) is 21.6 Å². The number of likely N-dealkylation sites (N-methyl/N-ethyl adjacent to an activating group) is 1. The van der Waals surface area contributed by atoms with Crippen LogP contribution in [-0.2, 0) is 65.5 Å². The van der Waals surface area contributed by atoms with E-state index in [1.165, 1.54) is 18.2 Å². The molecule has 0 saturated carbocycles. The molecular formula is C42H45F7N4O8. The fraction of sp³-hybridized carbons (Fsp3) is 0.405. The number of halogens is 7. The minimum absolute atomic E-state index is 0.0414. The summed E-state index contributed by atoms with van der Waals surface area (Å²) in [4.78, 5) is 54.8. The van der Waals surface area contributed by atoms with Gasteiger partial charge < -0.3 is 34.8 Å². The molecule has 4 aromatic rings. The molecule has 0 radical (unpaired) electrons. The zero-order chi connectivity index (χ0) is 45.2. The Balaban J connectivity index is 0.000000727. The lowest BCUT2D eigenvalue weighted by atomic mass is 10.0. The Labute approximate surface area is 345 Å². The summed E-state index contributed by atoms with van der Waals surface area (Å²) in [5, 5.41) is 32.5. The zero-order valence-corrected chi connectivity index (χ0v) is 33.1. The van der Waals surface area contributed by atoms with E-state index in [-0.39, 0.29) is 43.2 Å². The van der Waals surface area contributed by atoms with Gasteiger partial charge in [0.1, 0.15) is 18.2 Å². The topological polar surface area (TPSA) is 174 Å². The number of aliphatic hydroxyl groups is 2. The lowest BCUT2D eigenvalue weighted by Gasteiger charge is -2.28. The molecule has 61 heavy (non-hydrogen) atoms. The number of carboxylic acid groups (broad SMARTS) is 2. The average molecular weight is 867 g/mol. The van der Waals surface area contributed by atoms with E-state index in [9.17, 15) is 49.9 Å². The van der Waals surface area contributed by atoms with Crippen LogP contribution in [0.4, 0.5) is 30.7 Å². The van der Waals surface area contributed by atoms with Gasteiger partial charge in [-0.25, -0.2) is 14.0 Å². The van der Waals surface area contributed by atoms with Crippen molar-refractivity contribution >= 4 is 17.8 Å². The number of carbonyl (C=O) groups is 3. The summed E-state index contributed by atoms with van der Waals surface area (Å²) in [5.74, 6) is -4.87. The molecule has 0 fully saturated rings. The minimum Gasteiger partial charge on any atom is -0.479 e. The lowest BCUT2D eigenvalue weighted by molar-refractivity contribution is -0.165. The maximum absolute atomic E-state index is 14.1. The second-order valence-corrected chi connectivity index (χ2v) is 14.2. The van der Waals surface area contributed by atoms with Crippen LogP contribution in [0, 0.1) is 5.82 Å². The highest BCUT2D eigenvalue weighted by atomic mass is 19.4. The van der Waals surface area contributed by atoms with Crippen LogP contribution in [0.25, 0.3) is 11.1 Å². The summed E-state index contributed by atoms with van der Waals surface area (Å²) < 4.78 is 94.8. The summed E-state index contributed by atoms with van der Waals surface area (Å²) in [6, 6.07) is 14.9. The average Bonchev–Trinajstić information content (AvgIpc) is 3.72. The molecule has 1 aliphatic carbocycles. The van der Waals surface area contributed by atoms with Crippen LogP contribution in [0.3, 0.4) is 0 Å². The third-order valence-electron chi connectivity index (χ3n) is 10.2. The van der Waals surface area contributed by atoms with E-state index in [0.29, 0.717) is 49.2 Å². The fourth-order valence-electron chi connectivity index (χ4n) is 6.71. The van der Waals surface area contributed by atoms with Crippen molar-refractivity contribution in [1.82, 2.24) is 19.4 Å². The summed E-state index contributed by atoms with van der Waals surface area (Å²) in [6.45, 7) is 6.70. The number of carbonyl (C=O) groups excluding carboxylic acids is 1. The van der Waals surface area contributed by atoms with Gasteiger partial charge in [-0.05, 0) is 85.3 Å². The van der Waals surface area contributed by atoms with E-state index in [0.717, 1.165) is 48.5 Å². The number of hydrogen-bond acceptors (Lipinski definition) is 8. The van der Waals surface area contributed by atoms with Gasteiger partial charge in [-0.15, -0.1) is 0 Å². The molecule has 330 valence electrons. The Morgan fingerprint density at radius 1 is 0.770 bits per heavy atom. The Morgan fingerprint density at radius 3 is 1.85 bits per heavy atom. The molecular weight excluding hydrogens is 821 g/mol. The van der Waals surface area contributed by atoms with Gasteiger partial charge in [0.15, 0.2) is 12.2 Å². The number of hydrogen-bond donors (Lipinski definition) is 4. The third-order valence-corrected chi connectivity index (χ3v) is 10.2. The van der Waals surface area contributed by atoms with Gasteiger partial charge in [0.25, 0.3) is 5.56 Å². The second-order valence-electron chi connectivity index (χ2n) is 14.2. The Bertz CT molecular complexity index is 2190. The van der Waals surface area contributed by atoms with E-state index in [1.807, 2.05) is 26.0 Å². The number of benzene rings is 3. The molecule has 3 aromatic carbocycles. The minimum atomic E-state index is -4.86. The summed E-state index contributed by atoms with van der Waals surface area (Å²) in [7, 11) is 0. The van der Waals surface area contributed by atoms with Crippen LogP contribution in [0.5, 0.6) is 0 Å². The second kappa shape index (κ2) is 20.7. The van der Waals surface area contributed by atoms with Gasteiger partial charge in [0.05, 0.1) is 11.1 Å². The van der Waals surface area contributed by atoms with Crippen LogP contribution in [0.1, 0.15) is 59.6 Å². The van der Waals surface area contributed by atoms with Crippen molar-refractivity contribution in [2.45, 2.75) is 83.6 Å². The smallest absolute Gasteiger partial charge is 0.419 e. The molecule has 0 bridgehead atoms. The standard InChI is InChI=1S/C38H39F7N4O2.C4H6O6/c1-3-47(4-2)20-21-48(23-26-8-12-27(13-9-26)28-14-16-29(17-15-28)37(40,41)42)35(50)24-49-33-7-5-6-30(33)36(51)46-34(49)19-11-25-10-18-32(39)31(22-25)38(43,44)45;5-1(3(7)8)2(6)4(9)10/h8-10,12-18,22H,3-7,11,19-21,23-24H2,1-2H3;1-2,5-6H,(H,7,8)(H,9,10). The molecule has 1 amide bonds. The van der Waals surface area contributed by atoms with Crippen molar-refractivity contribution in [2.24, 2.45) is 0 Å². The number of aromatic nitrogens is 2. The first-order chi connectivity index (χ1) is 28.6. The highest BCUT2D eigenvalue weighted by Crippen LogP contribution is 2.33. The van der Waals surface area contributed by atoms with Crippen LogP contribution >= 0.6 is 0 Å². The monoisotopic (exact) mass is 866 g/mol. The summed E-state index contributed by atoms with van der Waals surface area (Å²) in [5.41, 5.74) is 1.06. The molecule has 1 aliphatic rings. The first kappa shape index (κ1) is 48.0. The molecule has 2 unspecified atom stereocenters. The van der Waals surface area contributed by atoms with E-state index in [2.05, 4.69) is 9.88 Å². The Hall–Kier alpha value is -5.66. The van der Waals surface area contributed by atoms with Gasteiger partial charge in [-0.2, -0.15) is 31.3 Å². The molecule has 12 nitrogen and oxygen atoms in total. The number of rotatable bonds is 16. The number of alkyl halides is 6. The van der Waals surface area contributed by atoms with Gasteiger partial charge >= 0.3 is 24.3 Å². The van der Waals surface area contributed by atoms with Crippen molar-refractivity contribution in [2.75, 3.05) is 26.2 Å². The molecule has 0 spiro atoms. The highest BCUT2D eigenvalue weighted by molar-refractivity contribution is 5.83. The Morgan fingerprint density at radius 2 is 1.33 bits per heavy atom. The number of aliphatic carboxylic acids is 2. The van der Waals surface area contributed by atoms with Gasteiger partial charge in [-0.1, -0.05) is 56.3 Å². The van der Waals surface area contributed by atoms with Crippen LogP contribution in [0.2, 0.25) is 0 Å². The first-order valence-corrected chi connectivity index (χ1v) is 19.2. The molecule has 19 heteroatoms. The van der Waals surface area contributed by atoms with Crippen LogP contribution < -0.4 is 5.56 Å². The number of aliphatic hydroxyl groups excluding tert-OH is 2. The highest BCUT2D eigenvalue weighted by Gasteiger charge is 2.34. The van der Waals surface area contributed by atoms with E-state index < -0.39 is 59.0 Å². The SMILES string of the molecule is CCN(CC)CCN(Cc1ccc(-c2ccc(C(F)(F)F)cc2)cc1)C(=O)Cn1c(CCc2ccc(F)c(C(F)(F)F)c2)nc(=O)c2c1CCC2.O=C(O)C(O)C(O)C(=O)O. The maximum atomic E-state index is 14.1. The normalized spacial score (nSPS) is 13.6. The zero-order valence-electron chi connectivity index (χ0n) is 33.1. The number of carboxylic acids is 2. The first-order valence-electron chi connectivity index (χ1n) is 19.2. The van der Waals surface area contributed by atoms with Crippen molar-refractivity contribution in [3.8, 4) is 11.1 Å². The van der Waals surface area contributed by atoms with Crippen LogP contribution in [-0.4, -0.2) is 96.0 Å². The van der Waals surface area contributed by atoms with Crippen molar-refractivity contribution in [3.05, 3.63) is 122 Å². The molecule has 5 rings (SSSR count). The molecule has 4 N–H and O–H groups in total. The van der Waals surface area contributed by atoms with Gasteiger partial charge in [0, 0.05) is 37.3 Å². The third kappa shape index (κ3) is 12.9. The van der Waals surface area contributed by atoms with Crippen molar-refractivity contribution < 1.29 is 65.5 Å². The number of nitrogens with zero attached hydrogens (tertiary/aromatic N) is 4. The Kier molecular flexibility index (Phi) is 16.3. The number of fused-ring (bicyclic) bond motifs is 1.